The Kier molecular flexibility index (Phi) is 2.90. The minimum atomic E-state index is -1.46. The van der Waals surface area contributed by atoms with Crippen molar-refractivity contribution in [3.05, 3.63) is 29.3 Å². The van der Waals surface area contributed by atoms with Crippen LogP contribution < -0.4 is 5.32 Å². The summed E-state index contributed by atoms with van der Waals surface area (Å²) in [6.45, 7) is 5.05. The summed E-state index contributed by atoms with van der Waals surface area (Å²) in [6, 6.07) is 5.05. The van der Waals surface area contributed by atoms with E-state index in [1.54, 1.807) is 32.0 Å². The third kappa shape index (κ3) is 2.21. The first kappa shape index (κ1) is 13.5. The van der Waals surface area contributed by atoms with E-state index in [0.717, 1.165) is 5.56 Å². The van der Waals surface area contributed by atoms with Gasteiger partial charge in [-0.25, -0.2) is 0 Å². The molecule has 1 heterocycles. The highest BCUT2D eigenvalue weighted by Crippen LogP contribution is 2.39. The average Bonchev–Trinajstić information content (AvgIpc) is 2.48. The number of anilines is 1. The molecule has 0 bridgehead atoms. The molecule has 1 aromatic rings. The van der Waals surface area contributed by atoms with Crippen LogP contribution in [0.15, 0.2) is 18.2 Å². The lowest BCUT2D eigenvalue weighted by atomic mass is 9.82. The van der Waals surface area contributed by atoms with E-state index >= 15 is 0 Å². The molecule has 1 aliphatic heterocycles. The van der Waals surface area contributed by atoms with Crippen LogP contribution in [-0.2, 0) is 20.6 Å². The van der Waals surface area contributed by atoms with Gasteiger partial charge in [0.15, 0.2) is 0 Å². The zero-order valence-electron chi connectivity index (χ0n) is 11.2. The van der Waals surface area contributed by atoms with Gasteiger partial charge in [-0.15, -0.1) is 0 Å². The first-order valence-electron chi connectivity index (χ1n) is 6.05. The van der Waals surface area contributed by atoms with Gasteiger partial charge in [0, 0.05) is 5.69 Å². The topological polar surface area (TPSA) is 86.6 Å². The summed E-state index contributed by atoms with van der Waals surface area (Å²) in [5.74, 6) is -1.17. The highest BCUT2D eigenvalue weighted by atomic mass is 16.4. The normalized spacial score (nSPS) is 19.5. The van der Waals surface area contributed by atoms with Crippen LogP contribution >= 0.6 is 0 Å². The number of carbonyl (C=O) groups excluding carboxylic acids is 1. The molecule has 1 aromatic carbocycles. The summed E-state index contributed by atoms with van der Waals surface area (Å²) in [6.07, 6.45) is -0.381. The van der Waals surface area contributed by atoms with E-state index in [1.165, 1.54) is 6.92 Å². The molecule has 1 atom stereocenters. The largest absolute Gasteiger partial charge is 0.481 e. The van der Waals surface area contributed by atoms with Crippen molar-refractivity contribution in [3.63, 3.8) is 0 Å². The number of hydrogen-bond donors (Lipinski definition) is 3. The second-order valence-electron chi connectivity index (χ2n) is 5.68. The zero-order chi connectivity index (χ0) is 14.4. The second-order valence-corrected chi connectivity index (χ2v) is 5.68. The number of fused-ring (bicyclic) bond motifs is 1. The van der Waals surface area contributed by atoms with Gasteiger partial charge in [-0.3, -0.25) is 9.59 Å². The Morgan fingerprint density at radius 1 is 1.42 bits per heavy atom. The van der Waals surface area contributed by atoms with Crippen LogP contribution in [0.3, 0.4) is 0 Å². The van der Waals surface area contributed by atoms with Crippen molar-refractivity contribution in [2.75, 3.05) is 5.32 Å². The minimum absolute atomic E-state index is 0.0995. The summed E-state index contributed by atoms with van der Waals surface area (Å²) >= 11 is 0. The lowest BCUT2D eigenvalue weighted by Crippen LogP contribution is -2.28. The maximum absolute atomic E-state index is 11.8. The molecule has 0 fully saturated rings. The third-order valence-electron chi connectivity index (χ3n) is 3.63. The summed E-state index contributed by atoms with van der Waals surface area (Å²) < 4.78 is 0. The molecule has 0 aromatic heterocycles. The molecular formula is C14H17NO4. The van der Waals surface area contributed by atoms with Crippen LogP contribution in [0.5, 0.6) is 0 Å². The van der Waals surface area contributed by atoms with E-state index < -0.39 is 17.0 Å². The van der Waals surface area contributed by atoms with E-state index in [0.29, 0.717) is 11.3 Å². The number of rotatable bonds is 3. The fraction of sp³-hybridized carbons (Fsp3) is 0.429. The van der Waals surface area contributed by atoms with E-state index in [9.17, 15) is 14.7 Å². The summed E-state index contributed by atoms with van der Waals surface area (Å²) in [4.78, 5) is 22.6. The lowest BCUT2D eigenvalue weighted by Gasteiger charge is -2.24. The zero-order valence-corrected chi connectivity index (χ0v) is 11.2. The van der Waals surface area contributed by atoms with Crippen molar-refractivity contribution in [1.29, 1.82) is 0 Å². The summed E-state index contributed by atoms with van der Waals surface area (Å²) in [5.41, 5.74) is -0.142. The standard InChI is InChI=1S/C14H17NO4/c1-13(2)9-6-8(14(3,19)7-11(16)17)4-5-10(9)15-12(13)18/h4-6,19H,7H2,1-3H3,(H,15,18)(H,16,17). The van der Waals surface area contributed by atoms with Crippen molar-refractivity contribution >= 4 is 17.6 Å². The molecule has 5 heteroatoms. The second kappa shape index (κ2) is 4.06. The van der Waals surface area contributed by atoms with Crippen LogP contribution in [0.25, 0.3) is 0 Å². The van der Waals surface area contributed by atoms with Gasteiger partial charge in [0.05, 0.1) is 17.4 Å². The number of carboxylic acid groups (broad SMARTS) is 1. The molecule has 1 amide bonds. The Labute approximate surface area is 111 Å². The van der Waals surface area contributed by atoms with E-state index in [2.05, 4.69) is 5.32 Å². The Bertz CT molecular complexity index is 561. The predicted molar refractivity (Wildman–Crippen MR) is 69.9 cm³/mol. The first-order chi connectivity index (χ1) is 8.64. The van der Waals surface area contributed by atoms with Gasteiger partial charge in [0.1, 0.15) is 0 Å². The number of carboxylic acids is 1. The minimum Gasteiger partial charge on any atom is -0.481 e. The van der Waals surface area contributed by atoms with Crippen molar-refractivity contribution in [3.8, 4) is 0 Å². The number of hydrogen-bond acceptors (Lipinski definition) is 3. The van der Waals surface area contributed by atoms with Crippen molar-refractivity contribution in [2.24, 2.45) is 0 Å². The monoisotopic (exact) mass is 263 g/mol. The molecule has 0 spiro atoms. The molecule has 1 unspecified atom stereocenters. The number of nitrogens with one attached hydrogen (secondary N) is 1. The molecule has 0 radical (unpaired) electrons. The van der Waals surface area contributed by atoms with Gasteiger partial charge in [-0.1, -0.05) is 6.07 Å². The van der Waals surface area contributed by atoms with Crippen molar-refractivity contribution in [1.82, 2.24) is 0 Å². The van der Waals surface area contributed by atoms with Crippen LogP contribution in [0.2, 0.25) is 0 Å². The molecule has 2 rings (SSSR count). The fourth-order valence-electron chi connectivity index (χ4n) is 2.30. The highest BCUT2D eigenvalue weighted by Gasteiger charge is 2.39. The molecular weight excluding hydrogens is 246 g/mol. The molecule has 1 aliphatic rings. The van der Waals surface area contributed by atoms with Gasteiger partial charge in [-0.2, -0.15) is 0 Å². The maximum Gasteiger partial charge on any atom is 0.306 e. The molecule has 0 aliphatic carbocycles. The highest BCUT2D eigenvalue weighted by molar-refractivity contribution is 6.05. The van der Waals surface area contributed by atoms with E-state index in [4.69, 9.17) is 5.11 Å². The molecule has 19 heavy (non-hydrogen) atoms. The molecule has 0 saturated heterocycles. The summed E-state index contributed by atoms with van der Waals surface area (Å²) in [5, 5.41) is 21.8. The van der Waals surface area contributed by atoms with Gasteiger partial charge >= 0.3 is 5.97 Å². The third-order valence-corrected chi connectivity index (χ3v) is 3.63. The first-order valence-corrected chi connectivity index (χ1v) is 6.05. The Balaban J connectivity index is 2.46. The smallest absolute Gasteiger partial charge is 0.306 e. The maximum atomic E-state index is 11.8. The molecule has 5 nitrogen and oxygen atoms in total. The molecule has 102 valence electrons. The average molecular weight is 263 g/mol. The quantitative estimate of drug-likeness (QED) is 0.773. The number of aliphatic hydroxyl groups is 1. The number of carbonyl (C=O) groups is 2. The van der Waals surface area contributed by atoms with Crippen LogP contribution in [0, 0.1) is 0 Å². The molecule has 0 saturated carbocycles. The number of amides is 1. The lowest BCUT2D eigenvalue weighted by molar-refractivity contribution is -0.142. The molecule has 3 N–H and O–H groups in total. The SMILES string of the molecule is CC(O)(CC(=O)O)c1ccc2c(c1)C(C)(C)C(=O)N2. The Morgan fingerprint density at radius 2 is 2.05 bits per heavy atom. The van der Waals surface area contributed by atoms with Gasteiger partial charge in [-0.05, 0) is 44.0 Å². The van der Waals surface area contributed by atoms with E-state index in [1.807, 2.05) is 0 Å². The number of benzene rings is 1. The van der Waals surface area contributed by atoms with Gasteiger partial charge in [0.25, 0.3) is 0 Å². The van der Waals surface area contributed by atoms with Gasteiger partial charge in [0.2, 0.25) is 5.91 Å². The Morgan fingerprint density at radius 3 is 2.63 bits per heavy atom. The van der Waals surface area contributed by atoms with Crippen molar-refractivity contribution in [2.45, 2.75) is 38.2 Å². The van der Waals surface area contributed by atoms with Crippen LogP contribution in [0.4, 0.5) is 5.69 Å². The fourth-order valence-corrected chi connectivity index (χ4v) is 2.30. The van der Waals surface area contributed by atoms with Crippen LogP contribution in [0.1, 0.15) is 38.3 Å². The van der Waals surface area contributed by atoms with Gasteiger partial charge < -0.3 is 15.5 Å². The Hall–Kier alpha value is -1.88. The number of aliphatic carboxylic acids is 1. The predicted octanol–water partition coefficient (Wildman–Crippen LogP) is 1.60. The van der Waals surface area contributed by atoms with Crippen LogP contribution in [-0.4, -0.2) is 22.1 Å². The summed E-state index contributed by atoms with van der Waals surface area (Å²) in [7, 11) is 0. The van der Waals surface area contributed by atoms with E-state index in [-0.39, 0.29) is 12.3 Å². The van der Waals surface area contributed by atoms with Crippen molar-refractivity contribution < 1.29 is 19.8 Å².